The van der Waals surface area contributed by atoms with Crippen LogP contribution < -0.4 is 5.32 Å². The summed E-state index contributed by atoms with van der Waals surface area (Å²) < 4.78 is 4.87. The lowest BCUT2D eigenvalue weighted by Crippen LogP contribution is -2.48. The van der Waals surface area contributed by atoms with Crippen LogP contribution in [0, 0.1) is 0 Å². The number of esters is 1. The fourth-order valence-electron chi connectivity index (χ4n) is 3.01. The fourth-order valence-corrected chi connectivity index (χ4v) is 3.01. The van der Waals surface area contributed by atoms with Crippen LogP contribution in [-0.4, -0.2) is 75.2 Å². The molecule has 1 unspecified atom stereocenters. The van der Waals surface area contributed by atoms with E-state index >= 15 is 0 Å². The molecule has 1 rings (SSSR count). The van der Waals surface area contributed by atoms with E-state index in [1.54, 1.807) is 0 Å². The number of unbranched alkanes of at least 4 members (excludes halogenated alkanes) is 1. The molecule has 1 aliphatic heterocycles. The van der Waals surface area contributed by atoms with Gasteiger partial charge in [-0.05, 0) is 79.8 Å². The number of likely N-dealkylation sites (tertiary alicyclic amines) is 1. The highest BCUT2D eigenvalue weighted by atomic mass is 16.5. The number of piperidine rings is 1. The van der Waals surface area contributed by atoms with E-state index in [1.165, 1.54) is 33.0 Å². The van der Waals surface area contributed by atoms with Crippen LogP contribution in [0.15, 0.2) is 0 Å². The quantitative estimate of drug-likeness (QED) is 0.541. The molecule has 0 spiro atoms. The summed E-state index contributed by atoms with van der Waals surface area (Å²) in [6.07, 6.45) is 5.50. The molecular formula is C16H33N3O2. The number of ether oxygens (including phenoxy) is 1. The molecule has 1 atom stereocenters. The zero-order valence-electron chi connectivity index (χ0n) is 14.4. The Morgan fingerprint density at radius 3 is 2.52 bits per heavy atom. The molecule has 5 nitrogen and oxygen atoms in total. The van der Waals surface area contributed by atoms with Gasteiger partial charge in [-0.3, -0.25) is 4.79 Å². The molecule has 5 heteroatoms. The van der Waals surface area contributed by atoms with Gasteiger partial charge in [0.25, 0.3) is 0 Å². The molecule has 1 N–H and O–H groups in total. The average Bonchev–Trinajstić information content (AvgIpc) is 2.50. The molecule has 1 aliphatic rings. The summed E-state index contributed by atoms with van der Waals surface area (Å²) >= 11 is 0. The Hall–Kier alpha value is -0.650. The van der Waals surface area contributed by atoms with Crippen molar-refractivity contribution in [2.24, 2.45) is 0 Å². The minimum atomic E-state index is -0.555. The first-order valence-electron chi connectivity index (χ1n) is 8.09. The summed E-state index contributed by atoms with van der Waals surface area (Å²) in [4.78, 5) is 16.7. The van der Waals surface area contributed by atoms with Crippen LogP contribution in [0.3, 0.4) is 0 Å². The van der Waals surface area contributed by atoms with E-state index in [-0.39, 0.29) is 5.97 Å². The van der Waals surface area contributed by atoms with Crippen molar-refractivity contribution in [3.05, 3.63) is 0 Å². The Bertz CT molecular complexity index is 317. The maximum absolute atomic E-state index is 11.8. The number of carbonyl (C=O) groups is 1. The summed E-state index contributed by atoms with van der Waals surface area (Å²) in [5.41, 5.74) is -0.555. The minimum absolute atomic E-state index is 0.173. The van der Waals surface area contributed by atoms with Gasteiger partial charge in [-0.2, -0.15) is 0 Å². The molecule has 0 aromatic rings. The van der Waals surface area contributed by atoms with Crippen molar-refractivity contribution in [3.8, 4) is 0 Å². The monoisotopic (exact) mass is 299 g/mol. The van der Waals surface area contributed by atoms with Crippen LogP contribution in [0.2, 0.25) is 0 Å². The van der Waals surface area contributed by atoms with Gasteiger partial charge >= 0.3 is 5.97 Å². The summed E-state index contributed by atoms with van der Waals surface area (Å²) in [6.45, 7) is 5.43. The molecule has 0 saturated carbocycles. The number of likely N-dealkylation sites (N-methyl/N-ethyl adjacent to an activating group) is 1. The largest absolute Gasteiger partial charge is 0.468 e. The van der Waals surface area contributed by atoms with Crippen molar-refractivity contribution in [1.82, 2.24) is 15.1 Å². The van der Waals surface area contributed by atoms with Crippen molar-refractivity contribution in [2.75, 3.05) is 47.9 Å². The molecule has 0 aliphatic carbocycles. The summed E-state index contributed by atoms with van der Waals surface area (Å²) in [6, 6.07) is 0.720. The van der Waals surface area contributed by atoms with Crippen molar-refractivity contribution >= 4 is 5.97 Å². The second-order valence-electron chi connectivity index (χ2n) is 6.55. The Labute approximate surface area is 130 Å². The number of methoxy groups -OCH3 is 1. The number of nitrogens with one attached hydrogen (secondary N) is 1. The van der Waals surface area contributed by atoms with E-state index in [0.717, 1.165) is 31.8 Å². The Morgan fingerprint density at radius 2 is 2.00 bits per heavy atom. The molecule has 0 bridgehead atoms. The Morgan fingerprint density at radius 1 is 1.38 bits per heavy atom. The Balaban J connectivity index is 2.25. The first-order chi connectivity index (χ1) is 9.92. The van der Waals surface area contributed by atoms with Gasteiger partial charge in [0, 0.05) is 6.04 Å². The highest BCUT2D eigenvalue weighted by Crippen LogP contribution is 2.18. The van der Waals surface area contributed by atoms with Crippen LogP contribution in [0.4, 0.5) is 0 Å². The molecule has 0 radical (unpaired) electrons. The Kier molecular flexibility index (Phi) is 7.63. The molecule has 124 valence electrons. The molecule has 0 aromatic carbocycles. The number of nitrogens with zero attached hydrogens (tertiary/aromatic N) is 2. The lowest BCUT2D eigenvalue weighted by atomic mass is 9.95. The van der Waals surface area contributed by atoms with E-state index in [2.05, 4.69) is 29.2 Å². The lowest BCUT2D eigenvalue weighted by Gasteiger charge is -2.35. The van der Waals surface area contributed by atoms with Gasteiger partial charge < -0.3 is 19.9 Å². The third-order valence-corrected chi connectivity index (χ3v) is 4.94. The zero-order chi connectivity index (χ0) is 15.9. The van der Waals surface area contributed by atoms with E-state index in [1.807, 2.05) is 14.0 Å². The van der Waals surface area contributed by atoms with E-state index in [0.29, 0.717) is 0 Å². The van der Waals surface area contributed by atoms with Gasteiger partial charge in [0.1, 0.15) is 5.54 Å². The van der Waals surface area contributed by atoms with Crippen LogP contribution in [0.25, 0.3) is 0 Å². The van der Waals surface area contributed by atoms with Crippen LogP contribution in [-0.2, 0) is 9.53 Å². The van der Waals surface area contributed by atoms with E-state index < -0.39 is 5.54 Å². The molecule has 1 saturated heterocycles. The smallest absolute Gasteiger partial charge is 0.325 e. The topological polar surface area (TPSA) is 44.8 Å². The first-order valence-corrected chi connectivity index (χ1v) is 8.09. The van der Waals surface area contributed by atoms with Crippen molar-refractivity contribution < 1.29 is 9.53 Å². The molecular weight excluding hydrogens is 266 g/mol. The molecule has 0 aromatic heterocycles. The van der Waals surface area contributed by atoms with Crippen LogP contribution >= 0.6 is 0 Å². The standard InChI is InChI=1S/C16H33N3O2/c1-16(17-2,15(20)21-5)10-6-7-11-19(4)14-8-12-18(3)13-9-14/h14,17H,6-13H2,1-5H3. The summed E-state index contributed by atoms with van der Waals surface area (Å²) in [5, 5.41) is 3.09. The highest BCUT2D eigenvalue weighted by molar-refractivity contribution is 5.80. The highest BCUT2D eigenvalue weighted by Gasteiger charge is 2.31. The number of hydrogen-bond acceptors (Lipinski definition) is 5. The molecule has 0 amide bonds. The van der Waals surface area contributed by atoms with Crippen LogP contribution in [0.1, 0.15) is 39.0 Å². The summed E-state index contributed by atoms with van der Waals surface area (Å²) in [7, 11) is 7.70. The number of rotatable bonds is 8. The second-order valence-corrected chi connectivity index (χ2v) is 6.55. The van der Waals surface area contributed by atoms with Gasteiger partial charge in [0.2, 0.25) is 0 Å². The summed E-state index contributed by atoms with van der Waals surface area (Å²) in [5.74, 6) is -0.173. The normalized spacial score (nSPS) is 20.5. The minimum Gasteiger partial charge on any atom is -0.468 e. The molecule has 21 heavy (non-hydrogen) atoms. The molecule has 1 heterocycles. The van der Waals surface area contributed by atoms with Crippen molar-refractivity contribution in [2.45, 2.75) is 50.6 Å². The van der Waals surface area contributed by atoms with Gasteiger partial charge in [-0.15, -0.1) is 0 Å². The SMILES string of the molecule is CNC(C)(CCCCN(C)C1CCN(C)CC1)C(=O)OC. The maximum Gasteiger partial charge on any atom is 0.325 e. The van der Waals surface area contributed by atoms with E-state index in [4.69, 9.17) is 4.74 Å². The predicted octanol–water partition coefficient (Wildman–Crippen LogP) is 1.33. The molecule has 1 fully saturated rings. The number of hydrogen-bond donors (Lipinski definition) is 1. The van der Waals surface area contributed by atoms with Gasteiger partial charge in [0.05, 0.1) is 7.11 Å². The lowest BCUT2D eigenvalue weighted by molar-refractivity contribution is -0.148. The van der Waals surface area contributed by atoms with Crippen molar-refractivity contribution in [3.63, 3.8) is 0 Å². The van der Waals surface area contributed by atoms with Gasteiger partial charge in [-0.25, -0.2) is 0 Å². The van der Waals surface area contributed by atoms with E-state index in [9.17, 15) is 4.79 Å². The first kappa shape index (κ1) is 18.4. The zero-order valence-corrected chi connectivity index (χ0v) is 14.4. The van der Waals surface area contributed by atoms with Gasteiger partial charge in [-0.1, -0.05) is 0 Å². The average molecular weight is 299 g/mol. The fraction of sp³-hybridized carbons (Fsp3) is 0.938. The van der Waals surface area contributed by atoms with Crippen molar-refractivity contribution in [1.29, 1.82) is 0 Å². The van der Waals surface area contributed by atoms with Crippen LogP contribution in [0.5, 0.6) is 0 Å². The van der Waals surface area contributed by atoms with Gasteiger partial charge in [0.15, 0.2) is 0 Å². The maximum atomic E-state index is 11.8. The third-order valence-electron chi connectivity index (χ3n) is 4.94. The predicted molar refractivity (Wildman–Crippen MR) is 86.5 cm³/mol. The number of carbonyl (C=O) groups excluding carboxylic acids is 1. The third kappa shape index (κ3) is 5.57. The second kappa shape index (κ2) is 8.71.